The van der Waals surface area contributed by atoms with E-state index in [1.165, 1.54) is 5.56 Å². The standard InChI is InChI=1S/C19H29N3O2.2C4H4O4/c1-16(2)21-7-9-22(10-8-21)19(23)18-5-3-17(4-6-18)15-20-11-13-24-14-12-20;2*5-3(6)1-2-4(7)8/h3-6,16H,7-15H2,1-2H3;2*1-2H,(H,5,6)(H,7,8)/b;2*2-1-. The summed E-state index contributed by atoms with van der Waals surface area (Å²) in [7, 11) is 0. The number of aliphatic carboxylic acids is 4. The van der Waals surface area contributed by atoms with Crippen LogP contribution < -0.4 is 0 Å². The molecule has 1 aromatic carbocycles. The van der Waals surface area contributed by atoms with Crippen molar-refractivity contribution in [2.24, 2.45) is 0 Å². The Labute approximate surface area is 232 Å². The molecule has 0 aromatic heterocycles. The Balaban J connectivity index is 0.000000412. The average Bonchev–Trinajstić information content (AvgIpc) is 2.92. The molecule has 2 aliphatic rings. The van der Waals surface area contributed by atoms with Gasteiger partial charge in [-0.05, 0) is 31.5 Å². The van der Waals surface area contributed by atoms with E-state index in [4.69, 9.17) is 25.2 Å². The van der Waals surface area contributed by atoms with Crippen LogP contribution >= 0.6 is 0 Å². The number of hydrogen-bond donors (Lipinski definition) is 4. The quantitative estimate of drug-likeness (QED) is 0.331. The molecule has 40 heavy (non-hydrogen) atoms. The molecule has 1 aromatic rings. The number of morpholine rings is 1. The first-order valence-electron chi connectivity index (χ1n) is 12.6. The van der Waals surface area contributed by atoms with E-state index in [2.05, 4.69) is 35.8 Å². The van der Waals surface area contributed by atoms with Crippen LogP contribution in [0.5, 0.6) is 0 Å². The monoisotopic (exact) mass is 563 g/mol. The molecule has 13 nitrogen and oxygen atoms in total. The number of carbonyl (C=O) groups excluding carboxylic acids is 1. The van der Waals surface area contributed by atoms with Gasteiger partial charge in [-0.3, -0.25) is 14.6 Å². The van der Waals surface area contributed by atoms with Crippen molar-refractivity contribution in [1.29, 1.82) is 0 Å². The molecule has 0 atom stereocenters. The van der Waals surface area contributed by atoms with Gasteiger partial charge in [-0.2, -0.15) is 0 Å². The second-order valence-electron chi connectivity index (χ2n) is 9.03. The van der Waals surface area contributed by atoms with Crippen molar-refractivity contribution >= 4 is 29.8 Å². The van der Waals surface area contributed by atoms with Crippen LogP contribution in [0.2, 0.25) is 0 Å². The van der Waals surface area contributed by atoms with Gasteiger partial charge in [0, 0.05) is 81.7 Å². The fourth-order valence-corrected chi connectivity index (χ4v) is 3.68. The maximum absolute atomic E-state index is 12.7. The molecule has 2 fully saturated rings. The lowest BCUT2D eigenvalue weighted by Gasteiger charge is -2.37. The molecule has 2 aliphatic heterocycles. The van der Waals surface area contributed by atoms with E-state index in [9.17, 15) is 24.0 Å². The number of piperazine rings is 1. The van der Waals surface area contributed by atoms with E-state index in [-0.39, 0.29) is 5.91 Å². The molecule has 0 spiro atoms. The summed E-state index contributed by atoms with van der Waals surface area (Å²) in [5.74, 6) is -4.86. The molecule has 0 bridgehead atoms. The van der Waals surface area contributed by atoms with Gasteiger partial charge in [0.1, 0.15) is 0 Å². The minimum atomic E-state index is -1.26. The van der Waals surface area contributed by atoms with Crippen molar-refractivity contribution in [3.05, 3.63) is 59.7 Å². The second-order valence-corrected chi connectivity index (χ2v) is 9.03. The third-order valence-corrected chi connectivity index (χ3v) is 5.78. The summed E-state index contributed by atoms with van der Waals surface area (Å²) >= 11 is 0. The van der Waals surface area contributed by atoms with Gasteiger partial charge in [0.05, 0.1) is 13.2 Å². The third kappa shape index (κ3) is 14.8. The first-order chi connectivity index (χ1) is 18.9. The number of amides is 1. The van der Waals surface area contributed by atoms with Gasteiger partial charge in [-0.1, -0.05) is 12.1 Å². The van der Waals surface area contributed by atoms with Gasteiger partial charge in [-0.25, -0.2) is 19.2 Å². The van der Waals surface area contributed by atoms with Crippen molar-refractivity contribution in [3.63, 3.8) is 0 Å². The zero-order valence-corrected chi connectivity index (χ0v) is 22.6. The van der Waals surface area contributed by atoms with Gasteiger partial charge in [0.2, 0.25) is 0 Å². The highest BCUT2D eigenvalue weighted by molar-refractivity contribution is 5.94. The first-order valence-corrected chi connectivity index (χ1v) is 12.6. The molecule has 3 rings (SSSR count). The largest absolute Gasteiger partial charge is 0.478 e. The van der Waals surface area contributed by atoms with E-state index in [0.29, 0.717) is 30.3 Å². The number of hydrogen-bond acceptors (Lipinski definition) is 8. The molecule has 2 saturated heterocycles. The van der Waals surface area contributed by atoms with Crippen LogP contribution in [0.4, 0.5) is 0 Å². The SMILES string of the molecule is CC(C)N1CCN(C(=O)c2ccc(CN3CCOCC3)cc2)CC1.O=C(O)/C=C\C(=O)O.O=C(O)/C=C\C(=O)O. The number of ether oxygens (including phenoxy) is 1. The van der Waals surface area contributed by atoms with Crippen LogP contribution in [-0.4, -0.2) is 123 Å². The summed E-state index contributed by atoms with van der Waals surface area (Å²) in [5.41, 5.74) is 2.07. The lowest BCUT2D eigenvalue weighted by Crippen LogP contribution is -2.50. The zero-order chi connectivity index (χ0) is 30.1. The molecule has 0 radical (unpaired) electrons. The van der Waals surface area contributed by atoms with Crippen LogP contribution in [-0.2, 0) is 30.5 Å². The van der Waals surface area contributed by atoms with Crippen LogP contribution in [0.1, 0.15) is 29.8 Å². The molecule has 2 heterocycles. The predicted molar refractivity (Wildman–Crippen MR) is 144 cm³/mol. The van der Waals surface area contributed by atoms with Gasteiger partial charge in [0.15, 0.2) is 0 Å². The van der Waals surface area contributed by atoms with Gasteiger partial charge in [0.25, 0.3) is 5.91 Å². The molecule has 13 heteroatoms. The topological polar surface area (TPSA) is 185 Å². The zero-order valence-electron chi connectivity index (χ0n) is 22.6. The van der Waals surface area contributed by atoms with E-state index < -0.39 is 23.9 Å². The van der Waals surface area contributed by atoms with Crippen molar-refractivity contribution in [1.82, 2.24) is 14.7 Å². The number of carboxylic acids is 4. The van der Waals surface area contributed by atoms with Crippen LogP contribution in [0.25, 0.3) is 0 Å². The summed E-state index contributed by atoms with van der Waals surface area (Å²) in [6.45, 7) is 12.6. The fraction of sp³-hybridized carbons (Fsp3) is 0.444. The number of nitrogens with zero attached hydrogens (tertiary/aromatic N) is 3. The lowest BCUT2D eigenvalue weighted by atomic mass is 10.1. The number of carbonyl (C=O) groups is 5. The summed E-state index contributed by atoms with van der Waals surface area (Å²) in [6, 6.07) is 8.70. The number of carboxylic acid groups (broad SMARTS) is 4. The minimum absolute atomic E-state index is 0.163. The Morgan fingerprint density at radius 1 is 0.725 bits per heavy atom. The van der Waals surface area contributed by atoms with Crippen molar-refractivity contribution in [2.75, 3.05) is 52.5 Å². The third-order valence-electron chi connectivity index (χ3n) is 5.78. The average molecular weight is 564 g/mol. The lowest BCUT2D eigenvalue weighted by molar-refractivity contribution is -0.134. The van der Waals surface area contributed by atoms with E-state index in [1.807, 2.05) is 17.0 Å². The predicted octanol–water partition coefficient (Wildman–Crippen LogP) is 1.11. The second kappa shape index (κ2) is 18.3. The van der Waals surface area contributed by atoms with Gasteiger partial charge >= 0.3 is 23.9 Å². The summed E-state index contributed by atoms with van der Waals surface area (Å²) in [4.78, 5) is 57.7. The molecule has 4 N–H and O–H groups in total. The van der Waals surface area contributed by atoms with Crippen LogP contribution in [0, 0.1) is 0 Å². The van der Waals surface area contributed by atoms with Crippen molar-refractivity contribution < 1.29 is 49.1 Å². The molecular formula is C27H37N3O10. The summed E-state index contributed by atoms with van der Waals surface area (Å²) in [5, 5.41) is 31.2. The molecule has 0 unspecified atom stereocenters. The Morgan fingerprint density at radius 2 is 1.15 bits per heavy atom. The summed E-state index contributed by atoms with van der Waals surface area (Å²) in [6.07, 6.45) is 2.23. The fourth-order valence-electron chi connectivity index (χ4n) is 3.68. The Bertz CT molecular complexity index is 973. The maximum atomic E-state index is 12.7. The highest BCUT2D eigenvalue weighted by Gasteiger charge is 2.23. The molecular weight excluding hydrogens is 526 g/mol. The molecule has 1 amide bonds. The molecule has 0 saturated carbocycles. The van der Waals surface area contributed by atoms with Crippen LogP contribution in [0.15, 0.2) is 48.6 Å². The van der Waals surface area contributed by atoms with Crippen molar-refractivity contribution in [3.8, 4) is 0 Å². The normalized spacial score (nSPS) is 16.1. The van der Waals surface area contributed by atoms with E-state index in [0.717, 1.165) is 64.6 Å². The van der Waals surface area contributed by atoms with E-state index in [1.54, 1.807) is 0 Å². The Morgan fingerprint density at radius 3 is 1.52 bits per heavy atom. The van der Waals surface area contributed by atoms with Crippen LogP contribution in [0.3, 0.4) is 0 Å². The summed E-state index contributed by atoms with van der Waals surface area (Å²) < 4.78 is 5.38. The molecule has 220 valence electrons. The Hall–Kier alpha value is -4.07. The van der Waals surface area contributed by atoms with E-state index >= 15 is 0 Å². The smallest absolute Gasteiger partial charge is 0.328 e. The maximum Gasteiger partial charge on any atom is 0.328 e. The molecule has 0 aliphatic carbocycles. The van der Waals surface area contributed by atoms with Gasteiger partial charge < -0.3 is 30.1 Å². The number of rotatable bonds is 8. The van der Waals surface area contributed by atoms with Gasteiger partial charge in [-0.15, -0.1) is 0 Å². The highest BCUT2D eigenvalue weighted by Crippen LogP contribution is 2.13. The van der Waals surface area contributed by atoms with Crippen molar-refractivity contribution in [2.45, 2.75) is 26.4 Å². The first kappa shape index (κ1) is 34.0. The Kier molecular flexibility index (Phi) is 15.5. The highest BCUT2D eigenvalue weighted by atomic mass is 16.5. The number of benzene rings is 1. The minimum Gasteiger partial charge on any atom is -0.478 e.